The molecule has 1 aliphatic rings. The number of benzene rings is 2. The zero-order valence-electron chi connectivity index (χ0n) is 14.7. The van der Waals surface area contributed by atoms with Gasteiger partial charge in [0.05, 0.1) is 7.11 Å². The summed E-state index contributed by atoms with van der Waals surface area (Å²) in [6.45, 7) is 4.80. The predicted octanol–water partition coefficient (Wildman–Crippen LogP) is 2.26. The standard InChI is InChI=1S/C20H26N2O3/c1-24-19-7-9-20(10-8-19)25-16-18(23)15-21-11-13-22(14-12-21)17-5-3-2-4-6-17/h2-10,18,23H,11-16H2,1H3/t18-/m0/s1. The number of piperazine rings is 1. The Hall–Kier alpha value is -2.24. The van der Waals surface area contributed by atoms with Crippen LogP contribution in [-0.4, -0.2) is 62.6 Å². The Morgan fingerprint density at radius 2 is 1.56 bits per heavy atom. The third-order valence-corrected chi connectivity index (χ3v) is 4.46. The quantitative estimate of drug-likeness (QED) is 0.836. The SMILES string of the molecule is COc1ccc(OC[C@@H](O)CN2CCN(c3ccccc3)CC2)cc1. The van der Waals surface area contributed by atoms with Crippen molar-refractivity contribution in [2.75, 3.05) is 51.3 Å². The van der Waals surface area contributed by atoms with E-state index in [9.17, 15) is 5.11 Å². The van der Waals surface area contributed by atoms with Gasteiger partial charge in [0, 0.05) is 38.4 Å². The van der Waals surface area contributed by atoms with Gasteiger partial charge in [0.15, 0.2) is 0 Å². The lowest BCUT2D eigenvalue weighted by molar-refractivity contribution is 0.0663. The first-order chi connectivity index (χ1) is 12.2. The average molecular weight is 342 g/mol. The van der Waals surface area contributed by atoms with Gasteiger partial charge in [-0.1, -0.05) is 18.2 Å². The van der Waals surface area contributed by atoms with Crippen LogP contribution in [0.15, 0.2) is 54.6 Å². The Kier molecular flexibility index (Phi) is 6.14. The number of rotatable bonds is 7. The van der Waals surface area contributed by atoms with Crippen molar-refractivity contribution >= 4 is 5.69 Å². The Labute approximate surface area is 149 Å². The zero-order chi connectivity index (χ0) is 17.5. The molecule has 5 nitrogen and oxygen atoms in total. The molecule has 2 aromatic rings. The third kappa shape index (κ3) is 5.11. The summed E-state index contributed by atoms with van der Waals surface area (Å²) in [5.74, 6) is 1.54. The van der Waals surface area contributed by atoms with Crippen LogP contribution in [-0.2, 0) is 0 Å². The molecule has 5 heteroatoms. The van der Waals surface area contributed by atoms with Crippen molar-refractivity contribution < 1.29 is 14.6 Å². The molecule has 1 heterocycles. The smallest absolute Gasteiger partial charge is 0.119 e. The van der Waals surface area contributed by atoms with Crippen LogP contribution in [0.5, 0.6) is 11.5 Å². The van der Waals surface area contributed by atoms with Gasteiger partial charge in [0.25, 0.3) is 0 Å². The second kappa shape index (κ2) is 8.74. The van der Waals surface area contributed by atoms with E-state index in [1.807, 2.05) is 30.3 Å². The number of para-hydroxylation sites is 1. The Morgan fingerprint density at radius 1 is 0.920 bits per heavy atom. The normalized spacial score (nSPS) is 16.5. The summed E-state index contributed by atoms with van der Waals surface area (Å²) in [5, 5.41) is 10.2. The summed E-state index contributed by atoms with van der Waals surface area (Å²) < 4.78 is 10.8. The lowest BCUT2D eigenvalue weighted by Crippen LogP contribution is -2.49. The van der Waals surface area contributed by atoms with Crippen molar-refractivity contribution in [3.8, 4) is 11.5 Å². The lowest BCUT2D eigenvalue weighted by Gasteiger charge is -2.36. The van der Waals surface area contributed by atoms with E-state index in [-0.39, 0.29) is 0 Å². The van der Waals surface area contributed by atoms with Crippen molar-refractivity contribution in [3.63, 3.8) is 0 Å². The number of hydrogen-bond donors (Lipinski definition) is 1. The fourth-order valence-electron chi connectivity index (χ4n) is 3.04. The molecular weight excluding hydrogens is 316 g/mol. The number of aliphatic hydroxyl groups is 1. The summed E-state index contributed by atoms with van der Waals surface area (Å²) in [5.41, 5.74) is 1.27. The van der Waals surface area contributed by atoms with Gasteiger partial charge in [-0.3, -0.25) is 4.90 Å². The topological polar surface area (TPSA) is 45.2 Å². The van der Waals surface area contributed by atoms with Crippen LogP contribution < -0.4 is 14.4 Å². The summed E-state index contributed by atoms with van der Waals surface area (Å²) in [6.07, 6.45) is -0.495. The van der Waals surface area contributed by atoms with Crippen molar-refractivity contribution in [2.24, 2.45) is 0 Å². The summed E-state index contributed by atoms with van der Waals surface area (Å²) in [7, 11) is 1.64. The third-order valence-electron chi connectivity index (χ3n) is 4.46. The number of β-amino-alcohol motifs (C(OH)–C–C–N with tert-alkyl or cyclic N) is 1. The molecule has 0 bridgehead atoms. The maximum absolute atomic E-state index is 10.2. The van der Waals surface area contributed by atoms with Crippen LogP contribution in [0.1, 0.15) is 0 Å². The molecular formula is C20H26N2O3. The van der Waals surface area contributed by atoms with Crippen molar-refractivity contribution in [2.45, 2.75) is 6.10 Å². The van der Waals surface area contributed by atoms with Crippen molar-refractivity contribution in [3.05, 3.63) is 54.6 Å². The lowest BCUT2D eigenvalue weighted by atomic mass is 10.2. The molecule has 0 spiro atoms. The number of ether oxygens (including phenoxy) is 2. The first kappa shape index (κ1) is 17.6. The summed E-state index contributed by atoms with van der Waals surface area (Å²) >= 11 is 0. The summed E-state index contributed by atoms with van der Waals surface area (Å²) in [4.78, 5) is 4.68. The van der Waals surface area contributed by atoms with Crippen LogP contribution >= 0.6 is 0 Å². The highest BCUT2D eigenvalue weighted by atomic mass is 16.5. The molecule has 1 aliphatic heterocycles. The van der Waals surface area contributed by atoms with Crippen molar-refractivity contribution in [1.29, 1.82) is 0 Å². The van der Waals surface area contributed by atoms with Gasteiger partial charge in [0.2, 0.25) is 0 Å². The highest BCUT2D eigenvalue weighted by molar-refractivity contribution is 5.46. The molecule has 0 saturated carbocycles. The molecule has 0 amide bonds. The van der Waals surface area contributed by atoms with Crippen LogP contribution in [0, 0.1) is 0 Å². The summed E-state index contributed by atoms with van der Waals surface area (Å²) in [6, 6.07) is 17.9. The molecule has 0 radical (unpaired) electrons. The fourth-order valence-corrected chi connectivity index (χ4v) is 3.04. The van der Waals surface area contributed by atoms with Crippen LogP contribution in [0.25, 0.3) is 0 Å². The Morgan fingerprint density at radius 3 is 2.20 bits per heavy atom. The number of aliphatic hydroxyl groups excluding tert-OH is 1. The second-order valence-corrected chi connectivity index (χ2v) is 6.26. The number of anilines is 1. The Bertz CT molecular complexity index is 625. The van der Waals surface area contributed by atoms with E-state index in [0.717, 1.165) is 37.7 Å². The van der Waals surface area contributed by atoms with Gasteiger partial charge in [0.1, 0.15) is 24.2 Å². The molecule has 3 rings (SSSR count). The number of methoxy groups -OCH3 is 1. The second-order valence-electron chi connectivity index (χ2n) is 6.26. The molecule has 134 valence electrons. The van der Waals surface area contributed by atoms with Gasteiger partial charge in [-0.25, -0.2) is 0 Å². The van der Waals surface area contributed by atoms with E-state index in [4.69, 9.17) is 9.47 Å². The molecule has 1 atom stereocenters. The minimum absolute atomic E-state index is 0.297. The van der Waals surface area contributed by atoms with Crippen LogP contribution in [0.4, 0.5) is 5.69 Å². The monoisotopic (exact) mass is 342 g/mol. The van der Waals surface area contributed by atoms with E-state index < -0.39 is 6.10 Å². The maximum atomic E-state index is 10.2. The van der Waals surface area contributed by atoms with Gasteiger partial charge < -0.3 is 19.5 Å². The molecule has 1 saturated heterocycles. The van der Waals surface area contributed by atoms with E-state index in [1.54, 1.807) is 7.11 Å². The largest absolute Gasteiger partial charge is 0.497 e. The van der Waals surface area contributed by atoms with Gasteiger partial charge in [-0.15, -0.1) is 0 Å². The molecule has 1 N–H and O–H groups in total. The van der Waals surface area contributed by atoms with E-state index in [2.05, 4.69) is 34.1 Å². The van der Waals surface area contributed by atoms with E-state index in [1.165, 1.54) is 5.69 Å². The number of nitrogens with zero attached hydrogens (tertiary/aromatic N) is 2. The minimum Gasteiger partial charge on any atom is -0.497 e. The van der Waals surface area contributed by atoms with Gasteiger partial charge >= 0.3 is 0 Å². The fraction of sp³-hybridized carbons (Fsp3) is 0.400. The first-order valence-electron chi connectivity index (χ1n) is 8.72. The predicted molar refractivity (Wildman–Crippen MR) is 99.6 cm³/mol. The molecule has 0 aromatic heterocycles. The van der Waals surface area contributed by atoms with Crippen LogP contribution in [0.2, 0.25) is 0 Å². The van der Waals surface area contributed by atoms with Gasteiger partial charge in [-0.2, -0.15) is 0 Å². The highest BCUT2D eigenvalue weighted by Gasteiger charge is 2.19. The first-order valence-corrected chi connectivity index (χ1v) is 8.72. The molecule has 0 unspecified atom stereocenters. The maximum Gasteiger partial charge on any atom is 0.119 e. The highest BCUT2D eigenvalue weighted by Crippen LogP contribution is 2.18. The van der Waals surface area contributed by atoms with Crippen LogP contribution in [0.3, 0.4) is 0 Å². The minimum atomic E-state index is -0.495. The number of hydrogen-bond acceptors (Lipinski definition) is 5. The molecule has 0 aliphatic carbocycles. The zero-order valence-corrected chi connectivity index (χ0v) is 14.7. The molecule has 25 heavy (non-hydrogen) atoms. The molecule has 2 aromatic carbocycles. The average Bonchev–Trinajstić information content (AvgIpc) is 2.68. The van der Waals surface area contributed by atoms with Crippen molar-refractivity contribution in [1.82, 2.24) is 4.90 Å². The Balaban J connectivity index is 1.39. The van der Waals surface area contributed by atoms with E-state index in [0.29, 0.717) is 13.2 Å². The molecule has 1 fully saturated rings. The van der Waals surface area contributed by atoms with E-state index >= 15 is 0 Å². The van der Waals surface area contributed by atoms with Gasteiger partial charge in [-0.05, 0) is 36.4 Å².